The fourth-order valence-electron chi connectivity index (χ4n) is 1.96. The molecule has 0 amide bonds. The molecule has 0 spiro atoms. The number of aliphatic carboxylic acids is 1. The summed E-state index contributed by atoms with van der Waals surface area (Å²) in [6, 6.07) is 2.94. The van der Waals surface area contributed by atoms with Gasteiger partial charge in [0.1, 0.15) is 4.21 Å². The molecule has 0 aliphatic carbocycles. The molecule has 1 heterocycles. The molecule has 0 aliphatic heterocycles. The Hall–Kier alpha value is -0.960. The van der Waals surface area contributed by atoms with Crippen molar-refractivity contribution in [1.29, 1.82) is 0 Å². The topological polar surface area (TPSA) is 90.7 Å². The van der Waals surface area contributed by atoms with Crippen LogP contribution in [0.4, 0.5) is 0 Å². The number of hydrogen-bond donors (Lipinski definition) is 2. The largest absolute Gasteiger partial charge is 0.550 e. The standard InChI is InChI=1S/C13H22N2O4S2/c1-3-15(4-2)9-5-8-14-21(18,19)13-7-6-11(20-13)10-12(16)17/h6-7,14H,3-5,8-10H2,1-2H3,(H,16,17). The average Bonchev–Trinajstić information content (AvgIpc) is 2.87. The third-order valence-corrected chi connectivity index (χ3v) is 6.26. The van der Waals surface area contributed by atoms with Crippen LogP contribution in [0.15, 0.2) is 16.3 Å². The molecule has 0 radical (unpaired) electrons. The van der Waals surface area contributed by atoms with Crippen molar-refractivity contribution in [2.24, 2.45) is 0 Å². The quantitative estimate of drug-likeness (QED) is 0.517. The lowest BCUT2D eigenvalue weighted by molar-refractivity contribution is -0.896. The smallest absolute Gasteiger partial charge is 0.250 e. The first-order valence-corrected chi connectivity index (χ1v) is 9.30. The maximum Gasteiger partial charge on any atom is 0.250 e. The lowest BCUT2D eigenvalue weighted by Gasteiger charge is -2.15. The first-order chi connectivity index (χ1) is 9.89. The Morgan fingerprint density at radius 3 is 2.57 bits per heavy atom. The molecule has 0 saturated carbocycles. The highest BCUT2D eigenvalue weighted by atomic mass is 32.2. The number of rotatable bonds is 10. The molecule has 2 N–H and O–H groups in total. The number of thiophene rings is 1. The van der Waals surface area contributed by atoms with E-state index >= 15 is 0 Å². The summed E-state index contributed by atoms with van der Waals surface area (Å²) in [5, 5.41) is 10.5. The monoisotopic (exact) mass is 334 g/mol. The van der Waals surface area contributed by atoms with Crippen LogP contribution in [0.5, 0.6) is 0 Å². The number of carbonyl (C=O) groups excluding carboxylic acids is 1. The summed E-state index contributed by atoms with van der Waals surface area (Å²) in [7, 11) is -3.54. The van der Waals surface area contributed by atoms with Crippen molar-refractivity contribution < 1.29 is 23.2 Å². The van der Waals surface area contributed by atoms with E-state index in [2.05, 4.69) is 18.6 Å². The number of nitrogens with one attached hydrogen (secondary N) is 2. The average molecular weight is 334 g/mol. The Kier molecular flexibility index (Phi) is 7.30. The third kappa shape index (κ3) is 6.13. The first-order valence-electron chi connectivity index (χ1n) is 7.00. The minimum Gasteiger partial charge on any atom is -0.550 e. The molecule has 1 aromatic rings. The van der Waals surface area contributed by atoms with Crippen LogP contribution in [0, 0.1) is 0 Å². The van der Waals surface area contributed by atoms with Crippen molar-refractivity contribution in [3.63, 3.8) is 0 Å². The zero-order chi connectivity index (χ0) is 15.9. The second-order valence-corrected chi connectivity index (χ2v) is 7.89. The van der Waals surface area contributed by atoms with E-state index in [1.807, 2.05) is 0 Å². The van der Waals surface area contributed by atoms with Gasteiger partial charge in [-0.25, -0.2) is 13.1 Å². The highest BCUT2D eigenvalue weighted by Gasteiger charge is 2.16. The molecule has 1 rings (SSSR count). The van der Waals surface area contributed by atoms with Gasteiger partial charge in [-0.15, -0.1) is 11.3 Å². The number of carboxylic acid groups (broad SMARTS) is 1. The SMILES string of the molecule is CC[NH+](CC)CCCNS(=O)(=O)c1ccc(CC(=O)[O-])s1. The van der Waals surface area contributed by atoms with Gasteiger partial charge in [0.2, 0.25) is 10.0 Å². The van der Waals surface area contributed by atoms with Gasteiger partial charge in [0.15, 0.2) is 0 Å². The predicted octanol–water partition coefficient (Wildman–Crippen LogP) is -1.37. The third-order valence-electron chi connectivity index (χ3n) is 3.22. The van der Waals surface area contributed by atoms with Crippen LogP contribution in [0.25, 0.3) is 0 Å². The Balaban J connectivity index is 2.50. The second kappa shape index (κ2) is 8.47. The molecule has 0 atom stereocenters. The van der Waals surface area contributed by atoms with Crippen molar-refractivity contribution in [1.82, 2.24) is 4.72 Å². The number of quaternary nitrogens is 1. The summed E-state index contributed by atoms with van der Waals surface area (Å²) >= 11 is 0.965. The van der Waals surface area contributed by atoms with Crippen LogP contribution in [0.1, 0.15) is 25.1 Å². The minimum atomic E-state index is -3.54. The van der Waals surface area contributed by atoms with Crippen LogP contribution in [0.3, 0.4) is 0 Å². The summed E-state index contributed by atoms with van der Waals surface area (Å²) in [6.45, 7) is 7.58. The molecule has 0 aliphatic rings. The van der Waals surface area contributed by atoms with E-state index in [0.29, 0.717) is 11.4 Å². The number of carboxylic acids is 1. The summed E-state index contributed by atoms with van der Waals surface area (Å²) in [5.74, 6) is -1.21. The van der Waals surface area contributed by atoms with Gasteiger partial charge in [0, 0.05) is 30.2 Å². The second-order valence-electron chi connectivity index (χ2n) is 4.73. The molecule has 120 valence electrons. The molecule has 0 aromatic carbocycles. The van der Waals surface area contributed by atoms with Crippen LogP contribution < -0.4 is 14.7 Å². The Morgan fingerprint density at radius 1 is 1.33 bits per heavy atom. The maximum atomic E-state index is 12.0. The number of carbonyl (C=O) groups is 1. The summed E-state index contributed by atoms with van der Waals surface area (Å²) < 4.78 is 26.8. The molecular formula is C13H22N2O4S2. The van der Waals surface area contributed by atoms with Gasteiger partial charge in [-0.05, 0) is 26.0 Å². The van der Waals surface area contributed by atoms with Gasteiger partial charge < -0.3 is 14.8 Å². The summed E-state index contributed by atoms with van der Waals surface area (Å²) in [5.41, 5.74) is 0. The Labute approximate surface area is 129 Å². The van der Waals surface area contributed by atoms with Crippen molar-refractivity contribution in [2.75, 3.05) is 26.2 Å². The summed E-state index contributed by atoms with van der Waals surface area (Å²) in [6.07, 6.45) is 0.513. The Bertz CT molecular complexity index is 550. The van der Waals surface area contributed by atoms with E-state index in [4.69, 9.17) is 0 Å². The molecule has 0 fully saturated rings. The molecule has 0 unspecified atom stereocenters. The highest BCUT2D eigenvalue weighted by Crippen LogP contribution is 2.21. The fourth-order valence-corrected chi connectivity index (χ4v) is 4.42. The van der Waals surface area contributed by atoms with Crippen molar-refractivity contribution in [3.05, 3.63) is 17.0 Å². The molecule has 21 heavy (non-hydrogen) atoms. The van der Waals surface area contributed by atoms with E-state index in [0.717, 1.165) is 37.4 Å². The van der Waals surface area contributed by atoms with Gasteiger partial charge >= 0.3 is 0 Å². The van der Waals surface area contributed by atoms with E-state index in [1.54, 1.807) is 0 Å². The van der Waals surface area contributed by atoms with Crippen molar-refractivity contribution >= 4 is 27.3 Å². The highest BCUT2D eigenvalue weighted by molar-refractivity contribution is 7.91. The first kappa shape index (κ1) is 18.1. The van der Waals surface area contributed by atoms with Crippen molar-refractivity contribution in [3.8, 4) is 0 Å². The minimum absolute atomic E-state index is 0.147. The van der Waals surface area contributed by atoms with Crippen LogP contribution in [-0.2, 0) is 21.2 Å². The molecular weight excluding hydrogens is 312 g/mol. The molecule has 0 bridgehead atoms. The van der Waals surface area contributed by atoms with Gasteiger partial charge in [0.25, 0.3) is 0 Å². The van der Waals surface area contributed by atoms with Gasteiger partial charge in [-0.2, -0.15) is 0 Å². The van der Waals surface area contributed by atoms with E-state index in [1.165, 1.54) is 17.0 Å². The van der Waals surface area contributed by atoms with Crippen LogP contribution in [-0.4, -0.2) is 40.6 Å². The van der Waals surface area contributed by atoms with E-state index in [9.17, 15) is 18.3 Å². The number of hydrogen-bond acceptors (Lipinski definition) is 5. The molecule has 8 heteroatoms. The molecule has 0 saturated heterocycles. The zero-order valence-electron chi connectivity index (χ0n) is 12.3. The summed E-state index contributed by atoms with van der Waals surface area (Å²) in [4.78, 5) is 12.4. The lowest BCUT2D eigenvalue weighted by Crippen LogP contribution is -3.11. The molecule has 6 nitrogen and oxygen atoms in total. The lowest BCUT2D eigenvalue weighted by atomic mass is 10.3. The fraction of sp³-hybridized carbons (Fsp3) is 0.615. The van der Waals surface area contributed by atoms with Crippen LogP contribution in [0.2, 0.25) is 0 Å². The zero-order valence-corrected chi connectivity index (χ0v) is 14.0. The van der Waals surface area contributed by atoms with Gasteiger partial charge in [-0.1, -0.05) is 0 Å². The Morgan fingerprint density at radius 2 is 2.00 bits per heavy atom. The van der Waals surface area contributed by atoms with Crippen molar-refractivity contribution in [2.45, 2.75) is 30.9 Å². The normalized spacial score (nSPS) is 12.0. The van der Waals surface area contributed by atoms with Crippen LogP contribution >= 0.6 is 11.3 Å². The van der Waals surface area contributed by atoms with Gasteiger partial charge in [0.05, 0.1) is 19.6 Å². The van der Waals surface area contributed by atoms with Gasteiger partial charge in [-0.3, -0.25) is 0 Å². The maximum absolute atomic E-state index is 12.0. The number of sulfonamides is 1. The molecule has 1 aromatic heterocycles. The van der Waals surface area contributed by atoms with E-state index < -0.39 is 16.0 Å². The van der Waals surface area contributed by atoms with E-state index in [-0.39, 0.29) is 10.6 Å². The predicted molar refractivity (Wildman–Crippen MR) is 79.7 cm³/mol.